The van der Waals surface area contributed by atoms with Crippen LogP contribution in [-0.2, 0) is 9.59 Å². The molecule has 0 aliphatic carbocycles. The summed E-state index contributed by atoms with van der Waals surface area (Å²) in [5.74, 6) is 0.210. The Morgan fingerprint density at radius 3 is 2.35 bits per heavy atom. The molecule has 5 nitrogen and oxygen atoms in total. The van der Waals surface area contributed by atoms with Gasteiger partial charge in [-0.2, -0.15) is 0 Å². The molecule has 5 heteroatoms. The summed E-state index contributed by atoms with van der Waals surface area (Å²) in [6.07, 6.45) is 1.57. The summed E-state index contributed by atoms with van der Waals surface area (Å²) in [6, 6.07) is 12.8. The Balaban J connectivity index is 2.04. The molecule has 1 aromatic carbocycles. The summed E-state index contributed by atoms with van der Waals surface area (Å²) < 4.78 is 5.43. The van der Waals surface area contributed by atoms with Crippen molar-refractivity contribution in [1.82, 2.24) is 10.6 Å². The number of carbonyl (C=O) groups is 2. The first-order valence-corrected chi connectivity index (χ1v) is 7.54. The number of benzene rings is 1. The van der Waals surface area contributed by atoms with Crippen LogP contribution in [0.3, 0.4) is 0 Å². The Morgan fingerprint density at radius 2 is 1.78 bits per heavy atom. The van der Waals surface area contributed by atoms with Crippen molar-refractivity contribution in [2.75, 3.05) is 6.54 Å². The summed E-state index contributed by atoms with van der Waals surface area (Å²) >= 11 is 0. The van der Waals surface area contributed by atoms with Crippen LogP contribution in [0.1, 0.15) is 38.1 Å². The minimum Gasteiger partial charge on any atom is -0.467 e. The van der Waals surface area contributed by atoms with Crippen LogP contribution in [-0.4, -0.2) is 18.4 Å². The number of rotatable bonds is 5. The van der Waals surface area contributed by atoms with Crippen molar-refractivity contribution in [3.8, 4) is 0 Å². The first kappa shape index (κ1) is 16.8. The summed E-state index contributed by atoms with van der Waals surface area (Å²) in [5.41, 5.74) is 0.387. The molecule has 0 saturated heterocycles. The monoisotopic (exact) mass is 314 g/mol. The molecule has 0 saturated carbocycles. The van der Waals surface area contributed by atoms with Gasteiger partial charge in [0.25, 0.3) is 0 Å². The minimum absolute atomic E-state index is 0.0693. The molecule has 1 atom stereocenters. The molecule has 2 aromatic rings. The van der Waals surface area contributed by atoms with Gasteiger partial charge in [0.05, 0.1) is 12.8 Å². The van der Waals surface area contributed by atoms with Gasteiger partial charge in [-0.25, -0.2) is 0 Å². The number of hydrogen-bond donors (Lipinski definition) is 2. The smallest absolute Gasteiger partial charge is 0.240 e. The summed E-state index contributed by atoms with van der Waals surface area (Å²) in [6.45, 7) is 5.34. The molecule has 0 radical (unpaired) electrons. The lowest BCUT2D eigenvalue weighted by Gasteiger charge is -2.20. The Kier molecular flexibility index (Phi) is 5.21. The third kappa shape index (κ3) is 4.71. The van der Waals surface area contributed by atoms with Crippen molar-refractivity contribution in [1.29, 1.82) is 0 Å². The van der Waals surface area contributed by atoms with Gasteiger partial charge in [0.15, 0.2) is 0 Å². The molecule has 2 rings (SSSR count). The van der Waals surface area contributed by atoms with Gasteiger partial charge in [-0.05, 0) is 17.7 Å². The second-order valence-corrected chi connectivity index (χ2v) is 6.36. The second kappa shape index (κ2) is 7.13. The average molecular weight is 314 g/mol. The van der Waals surface area contributed by atoms with E-state index in [0.717, 1.165) is 5.56 Å². The quantitative estimate of drug-likeness (QED) is 0.891. The van der Waals surface area contributed by atoms with Crippen molar-refractivity contribution >= 4 is 11.8 Å². The van der Waals surface area contributed by atoms with Gasteiger partial charge in [0, 0.05) is 5.41 Å². The van der Waals surface area contributed by atoms with Crippen LogP contribution in [0, 0.1) is 5.41 Å². The fourth-order valence-electron chi connectivity index (χ4n) is 2.06. The standard InChI is InChI=1S/C18H22N2O3/c1-18(2,3)17(22)19-12-15(21)20-16(14-10-7-11-23-14)13-8-5-4-6-9-13/h4-11,16H,12H2,1-3H3,(H,19,22)(H,20,21). The van der Waals surface area contributed by atoms with Gasteiger partial charge in [-0.15, -0.1) is 0 Å². The summed E-state index contributed by atoms with van der Waals surface area (Å²) in [7, 11) is 0. The summed E-state index contributed by atoms with van der Waals surface area (Å²) in [4.78, 5) is 24.0. The molecule has 2 amide bonds. The van der Waals surface area contributed by atoms with Gasteiger partial charge >= 0.3 is 0 Å². The van der Waals surface area contributed by atoms with Gasteiger partial charge in [-0.1, -0.05) is 51.1 Å². The van der Waals surface area contributed by atoms with E-state index in [1.54, 1.807) is 33.1 Å². The van der Waals surface area contributed by atoms with E-state index in [1.807, 2.05) is 36.4 Å². The highest BCUT2D eigenvalue weighted by atomic mass is 16.3. The zero-order chi connectivity index (χ0) is 16.9. The maximum Gasteiger partial charge on any atom is 0.240 e. The van der Waals surface area contributed by atoms with Crippen LogP contribution in [0.5, 0.6) is 0 Å². The van der Waals surface area contributed by atoms with Gasteiger partial charge in [-0.3, -0.25) is 9.59 Å². The molecule has 0 aliphatic heterocycles. The lowest BCUT2D eigenvalue weighted by molar-refractivity contribution is -0.131. The van der Waals surface area contributed by atoms with E-state index < -0.39 is 5.41 Å². The largest absolute Gasteiger partial charge is 0.467 e. The van der Waals surface area contributed by atoms with Crippen LogP contribution in [0.4, 0.5) is 0 Å². The van der Waals surface area contributed by atoms with Gasteiger partial charge < -0.3 is 15.1 Å². The van der Waals surface area contributed by atoms with Gasteiger partial charge in [0.1, 0.15) is 11.8 Å². The zero-order valence-electron chi connectivity index (χ0n) is 13.6. The Bertz CT molecular complexity index is 643. The molecular weight excluding hydrogens is 292 g/mol. The van der Waals surface area contributed by atoms with Crippen molar-refractivity contribution in [3.63, 3.8) is 0 Å². The van der Waals surface area contributed by atoms with E-state index >= 15 is 0 Å². The van der Waals surface area contributed by atoms with Crippen LogP contribution >= 0.6 is 0 Å². The highest BCUT2D eigenvalue weighted by Gasteiger charge is 2.23. The van der Waals surface area contributed by atoms with Crippen LogP contribution in [0.2, 0.25) is 0 Å². The fraction of sp³-hybridized carbons (Fsp3) is 0.333. The minimum atomic E-state index is -0.528. The van der Waals surface area contributed by atoms with Crippen molar-refractivity contribution in [3.05, 3.63) is 60.1 Å². The predicted molar refractivity (Wildman–Crippen MR) is 87.6 cm³/mol. The zero-order valence-corrected chi connectivity index (χ0v) is 13.6. The molecule has 0 fully saturated rings. The SMILES string of the molecule is CC(C)(C)C(=O)NCC(=O)NC(c1ccccc1)c1ccco1. The van der Waals surface area contributed by atoms with E-state index in [2.05, 4.69) is 10.6 Å². The van der Waals surface area contributed by atoms with Crippen molar-refractivity contribution in [2.24, 2.45) is 5.41 Å². The molecule has 1 heterocycles. The molecule has 1 aromatic heterocycles. The highest BCUT2D eigenvalue weighted by Crippen LogP contribution is 2.22. The number of hydrogen-bond acceptors (Lipinski definition) is 3. The topological polar surface area (TPSA) is 71.3 Å². The first-order valence-electron chi connectivity index (χ1n) is 7.54. The number of nitrogens with one attached hydrogen (secondary N) is 2. The Morgan fingerprint density at radius 1 is 1.09 bits per heavy atom. The Labute approximate surface area is 136 Å². The number of carbonyl (C=O) groups excluding carboxylic acids is 2. The second-order valence-electron chi connectivity index (χ2n) is 6.36. The van der Waals surface area contributed by atoms with E-state index in [9.17, 15) is 9.59 Å². The molecule has 0 aliphatic rings. The van der Waals surface area contributed by atoms with Crippen LogP contribution < -0.4 is 10.6 Å². The maximum absolute atomic E-state index is 12.2. The predicted octanol–water partition coefficient (Wildman–Crippen LogP) is 2.65. The van der Waals surface area contributed by atoms with Crippen LogP contribution in [0.15, 0.2) is 53.1 Å². The third-order valence-electron chi connectivity index (χ3n) is 3.36. The molecule has 2 N–H and O–H groups in total. The van der Waals surface area contributed by atoms with E-state index in [1.165, 1.54) is 0 Å². The molecule has 1 unspecified atom stereocenters. The van der Waals surface area contributed by atoms with E-state index in [4.69, 9.17) is 4.42 Å². The van der Waals surface area contributed by atoms with Gasteiger partial charge in [0.2, 0.25) is 11.8 Å². The number of furan rings is 1. The molecule has 0 bridgehead atoms. The fourth-order valence-corrected chi connectivity index (χ4v) is 2.06. The lowest BCUT2D eigenvalue weighted by Crippen LogP contribution is -2.42. The maximum atomic E-state index is 12.2. The molecule has 122 valence electrons. The lowest BCUT2D eigenvalue weighted by atomic mass is 9.96. The Hall–Kier alpha value is -2.56. The third-order valence-corrected chi connectivity index (χ3v) is 3.36. The summed E-state index contributed by atoms with van der Waals surface area (Å²) in [5, 5.41) is 5.54. The average Bonchev–Trinajstić information content (AvgIpc) is 3.04. The highest BCUT2D eigenvalue weighted by molar-refractivity contribution is 5.87. The van der Waals surface area contributed by atoms with Crippen LogP contribution in [0.25, 0.3) is 0 Å². The number of amides is 2. The first-order chi connectivity index (χ1) is 10.9. The van der Waals surface area contributed by atoms with E-state index in [0.29, 0.717) is 5.76 Å². The normalized spacial score (nSPS) is 12.5. The molecular formula is C18H22N2O3. The molecule has 0 spiro atoms. The molecule has 23 heavy (non-hydrogen) atoms. The van der Waals surface area contributed by atoms with Crippen molar-refractivity contribution in [2.45, 2.75) is 26.8 Å². The van der Waals surface area contributed by atoms with Crippen molar-refractivity contribution < 1.29 is 14.0 Å². The van der Waals surface area contributed by atoms with E-state index in [-0.39, 0.29) is 24.4 Å².